The zero-order valence-electron chi connectivity index (χ0n) is 13.5. The van der Waals surface area contributed by atoms with Gasteiger partial charge >= 0.3 is 0 Å². The van der Waals surface area contributed by atoms with Gasteiger partial charge in [0.1, 0.15) is 11.5 Å². The number of ether oxygens (including phenoxy) is 2. The molecule has 0 saturated heterocycles. The van der Waals surface area contributed by atoms with Gasteiger partial charge in [0.15, 0.2) is 0 Å². The minimum Gasteiger partial charge on any atom is -0.497 e. The van der Waals surface area contributed by atoms with Crippen LogP contribution in [-0.4, -0.2) is 20.0 Å². The van der Waals surface area contributed by atoms with Crippen molar-refractivity contribution >= 4 is 11.8 Å². The second-order valence-electron chi connectivity index (χ2n) is 5.18. The zero-order chi connectivity index (χ0) is 15.8. The van der Waals surface area contributed by atoms with Crippen LogP contribution >= 0.6 is 11.8 Å². The Balaban J connectivity index is 2.13. The van der Waals surface area contributed by atoms with Crippen molar-refractivity contribution < 1.29 is 9.47 Å². The summed E-state index contributed by atoms with van der Waals surface area (Å²) in [5, 5.41) is 0.472. The van der Waals surface area contributed by atoms with Gasteiger partial charge in [-0.25, -0.2) is 0 Å². The molecule has 0 aromatic heterocycles. The van der Waals surface area contributed by atoms with Gasteiger partial charge in [0, 0.05) is 5.25 Å². The highest BCUT2D eigenvalue weighted by molar-refractivity contribution is 7.99. The lowest BCUT2D eigenvalue weighted by Gasteiger charge is -2.17. The third-order valence-corrected chi connectivity index (χ3v) is 5.08. The van der Waals surface area contributed by atoms with Crippen LogP contribution in [0, 0.1) is 0 Å². The molecule has 0 aliphatic rings. The lowest BCUT2D eigenvalue weighted by molar-refractivity contribution is 0.414. The average Bonchev–Trinajstić information content (AvgIpc) is 2.59. The number of hydrogen-bond acceptors (Lipinski definition) is 3. The number of methoxy groups -OCH3 is 2. The first-order chi connectivity index (χ1) is 10.8. The van der Waals surface area contributed by atoms with Crippen molar-refractivity contribution in [3.8, 4) is 11.5 Å². The Morgan fingerprint density at radius 3 is 1.91 bits per heavy atom. The van der Waals surface area contributed by atoms with E-state index in [1.807, 2.05) is 36.0 Å². The van der Waals surface area contributed by atoms with Crippen molar-refractivity contribution in [1.29, 1.82) is 0 Å². The molecule has 0 amide bonds. The molecule has 1 atom stereocenters. The molecule has 2 aromatic carbocycles. The van der Waals surface area contributed by atoms with Crippen LogP contribution in [0.4, 0.5) is 0 Å². The second-order valence-corrected chi connectivity index (χ2v) is 6.50. The number of hydrogen-bond donors (Lipinski definition) is 0. The fourth-order valence-electron chi connectivity index (χ4n) is 2.33. The van der Waals surface area contributed by atoms with Crippen molar-refractivity contribution in [2.45, 2.75) is 25.0 Å². The van der Waals surface area contributed by atoms with Gasteiger partial charge in [0.05, 0.1) is 14.2 Å². The lowest BCUT2D eigenvalue weighted by Crippen LogP contribution is -2.00. The summed E-state index contributed by atoms with van der Waals surface area (Å²) in [5.74, 6) is 2.99. The van der Waals surface area contributed by atoms with E-state index in [0.717, 1.165) is 17.9 Å². The Morgan fingerprint density at radius 1 is 0.864 bits per heavy atom. The molecular weight excluding hydrogens is 292 g/mol. The molecule has 2 aromatic rings. The standard InChI is InChI=1S/C19H24O2S/c1-4-13-22-19(16-7-11-18(21-3)12-8-16)14-15-5-9-17(20-2)10-6-15/h5-12,19H,4,13-14H2,1-3H3/t19-/m1/s1. The maximum absolute atomic E-state index is 5.25. The molecule has 0 N–H and O–H groups in total. The zero-order valence-corrected chi connectivity index (χ0v) is 14.4. The third kappa shape index (κ3) is 4.70. The molecule has 3 heteroatoms. The summed E-state index contributed by atoms with van der Waals surface area (Å²) < 4.78 is 10.5. The largest absolute Gasteiger partial charge is 0.497 e. The van der Waals surface area contributed by atoms with Crippen LogP contribution in [-0.2, 0) is 6.42 Å². The van der Waals surface area contributed by atoms with Crippen molar-refractivity contribution in [2.24, 2.45) is 0 Å². The first-order valence-electron chi connectivity index (χ1n) is 7.65. The summed E-state index contributed by atoms with van der Waals surface area (Å²) in [7, 11) is 3.40. The van der Waals surface area contributed by atoms with E-state index in [-0.39, 0.29) is 0 Å². The summed E-state index contributed by atoms with van der Waals surface area (Å²) in [4.78, 5) is 0. The van der Waals surface area contributed by atoms with Crippen molar-refractivity contribution in [1.82, 2.24) is 0 Å². The Bertz CT molecular complexity index is 549. The quantitative estimate of drug-likeness (QED) is 0.672. The summed E-state index contributed by atoms with van der Waals surface area (Å²) in [6.07, 6.45) is 2.22. The van der Waals surface area contributed by atoms with Crippen LogP contribution in [0.5, 0.6) is 11.5 Å². The summed E-state index contributed by atoms with van der Waals surface area (Å²) in [6, 6.07) is 16.8. The van der Waals surface area contributed by atoms with Gasteiger partial charge in [-0.3, -0.25) is 0 Å². The van der Waals surface area contributed by atoms with Crippen molar-refractivity contribution in [3.05, 3.63) is 59.7 Å². The number of thioether (sulfide) groups is 1. The Kier molecular flexibility index (Phi) is 6.66. The van der Waals surface area contributed by atoms with Crippen LogP contribution in [0.3, 0.4) is 0 Å². The summed E-state index contributed by atoms with van der Waals surface area (Å²) in [5.41, 5.74) is 2.69. The van der Waals surface area contributed by atoms with Crippen LogP contribution < -0.4 is 9.47 Å². The fourth-order valence-corrected chi connectivity index (χ4v) is 3.51. The molecule has 0 aliphatic carbocycles. The summed E-state index contributed by atoms with van der Waals surface area (Å²) >= 11 is 2.02. The van der Waals surface area contributed by atoms with Gasteiger partial charge in [0.25, 0.3) is 0 Å². The van der Waals surface area contributed by atoms with Crippen LogP contribution in [0.25, 0.3) is 0 Å². The van der Waals surface area contributed by atoms with Gasteiger partial charge in [-0.05, 0) is 54.0 Å². The maximum atomic E-state index is 5.25. The van der Waals surface area contributed by atoms with Gasteiger partial charge in [-0.2, -0.15) is 11.8 Å². The monoisotopic (exact) mass is 316 g/mol. The molecule has 0 heterocycles. The topological polar surface area (TPSA) is 18.5 Å². The molecule has 118 valence electrons. The second kappa shape index (κ2) is 8.74. The smallest absolute Gasteiger partial charge is 0.118 e. The molecule has 0 unspecified atom stereocenters. The fraction of sp³-hybridized carbons (Fsp3) is 0.368. The van der Waals surface area contributed by atoms with Crippen LogP contribution in [0.1, 0.15) is 29.7 Å². The Labute approximate surface area is 137 Å². The van der Waals surface area contributed by atoms with E-state index in [4.69, 9.17) is 9.47 Å². The third-order valence-electron chi connectivity index (χ3n) is 3.59. The number of rotatable bonds is 8. The highest BCUT2D eigenvalue weighted by atomic mass is 32.2. The molecule has 0 bridgehead atoms. The highest BCUT2D eigenvalue weighted by Crippen LogP contribution is 2.34. The van der Waals surface area contributed by atoms with E-state index >= 15 is 0 Å². The first-order valence-corrected chi connectivity index (χ1v) is 8.70. The van der Waals surface area contributed by atoms with E-state index in [0.29, 0.717) is 5.25 Å². The Morgan fingerprint density at radius 2 is 1.41 bits per heavy atom. The van der Waals surface area contributed by atoms with Crippen molar-refractivity contribution in [3.63, 3.8) is 0 Å². The van der Waals surface area contributed by atoms with Crippen LogP contribution in [0.15, 0.2) is 48.5 Å². The minimum atomic E-state index is 0.472. The van der Waals surface area contributed by atoms with E-state index in [1.54, 1.807) is 14.2 Å². The van der Waals surface area contributed by atoms with Crippen molar-refractivity contribution in [2.75, 3.05) is 20.0 Å². The predicted octanol–water partition coefficient (Wildman–Crippen LogP) is 5.13. The normalized spacial score (nSPS) is 12.0. The van der Waals surface area contributed by atoms with E-state index < -0.39 is 0 Å². The highest BCUT2D eigenvalue weighted by Gasteiger charge is 2.13. The molecule has 2 nitrogen and oxygen atoms in total. The molecule has 0 radical (unpaired) electrons. The molecule has 0 spiro atoms. The lowest BCUT2D eigenvalue weighted by atomic mass is 10.0. The Hall–Kier alpha value is -1.61. The van der Waals surface area contributed by atoms with E-state index in [1.165, 1.54) is 23.3 Å². The molecule has 0 saturated carbocycles. The van der Waals surface area contributed by atoms with Crippen LogP contribution in [0.2, 0.25) is 0 Å². The molecule has 22 heavy (non-hydrogen) atoms. The molecular formula is C19H24O2S. The van der Waals surface area contributed by atoms with E-state index in [9.17, 15) is 0 Å². The summed E-state index contributed by atoms with van der Waals surface area (Å²) in [6.45, 7) is 2.23. The molecule has 0 aliphatic heterocycles. The maximum Gasteiger partial charge on any atom is 0.118 e. The first kappa shape index (κ1) is 16.8. The predicted molar refractivity (Wildman–Crippen MR) is 95.2 cm³/mol. The minimum absolute atomic E-state index is 0.472. The van der Waals surface area contributed by atoms with Gasteiger partial charge in [-0.15, -0.1) is 0 Å². The molecule has 2 rings (SSSR count). The van der Waals surface area contributed by atoms with Gasteiger partial charge in [0.2, 0.25) is 0 Å². The SMILES string of the molecule is CCCS[C@H](Cc1ccc(OC)cc1)c1ccc(OC)cc1. The average molecular weight is 316 g/mol. The number of benzene rings is 2. The van der Waals surface area contributed by atoms with E-state index in [2.05, 4.69) is 31.2 Å². The van der Waals surface area contributed by atoms with Gasteiger partial charge in [-0.1, -0.05) is 31.2 Å². The van der Waals surface area contributed by atoms with Gasteiger partial charge < -0.3 is 9.47 Å². The molecule has 0 fully saturated rings.